The van der Waals surface area contributed by atoms with Gasteiger partial charge >= 0.3 is 0 Å². The van der Waals surface area contributed by atoms with E-state index in [1.807, 2.05) is 25.1 Å². The van der Waals surface area contributed by atoms with E-state index >= 15 is 0 Å². The van der Waals surface area contributed by atoms with Gasteiger partial charge in [-0.05, 0) is 50.2 Å². The average molecular weight is 413 g/mol. The zero-order valence-electron chi connectivity index (χ0n) is 18.1. The number of nitrogens with two attached hydrogens (primary N) is 1. The predicted molar refractivity (Wildman–Crippen MR) is 117 cm³/mol. The molecular formula is C23H32N4O3. The lowest BCUT2D eigenvalue weighted by atomic mass is 9.74. The molecule has 1 spiro atoms. The van der Waals surface area contributed by atoms with Crippen LogP contribution in [-0.4, -0.2) is 48.4 Å². The molecule has 1 saturated heterocycles. The highest BCUT2D eigenvalue weighted by Crippen LogP contribution is 2.46. The fourth-order valence-corrected chi connectivity index (χ4v) is 5.18. The van der Waals surface area contributed by atoms with Crippen LogP contribution in [0.15, 0.2) is 18.2 Å². The van der Waals surface area contributed by atoms with E-state index in [1.54, 1.807) is 14.2 Å². The van der Waals surface area contributed by atoms with Crippen LogP contribution in [0.1, 0.15) is 43.5 Å². The summed E-state index contributed by atoms with van der Waals surface area (Å²) >= 11 is 0. The van der Waals surface area contributed by atoms with Crippen LogP contribution < -0.4 is 20.1 Å². The van der Waals surface area contributed by atoms with E-state index in [0.717, 1.165) is 49.4 Å². The largest absolute Gasteiger partial charge is 0.493 e. The maximum Gasteiger partial charge on any atom is 0.170 e. The molecule has 1 aliphatic carbocycles. The number of hydrogen-bond donors (Lipinski definition) is 2. The summed E-state index contributed by atoms with van der Waals surface area (Å²) in [6, 6.07) is 6.00. The van der Waals surface area contributed by atoms with E-state index in [-0.39, 0.29) is 12.0 Å². The van der Waals surface area contributed by atoms with Gasteiger partial charge in [0.1, 0.15) is 5.69 Å². The molecule has 1 saturated carbocycles. The molecule has 3 N–H and O–H groups in total. The number of aromatic nitrogens is 2. The zero-order valence-corrected chi connectivity index (χ0v) is 18.1. The van der Waals surface area contributed by atoms with Gasteiger partial charge < -0.3 is 25.2 Å². The molecule has 162 valence electrons. The zero-order chi connectivity index (χ0) is 21.3. The van der Waals surface area contributed by atoms with Crippen LogP contribution in [-0.2, 0) is 6.61 Å². The Morgan fingerprint density at radius 1 is 1.17 bits per heavy atom. The first kappa shape index (κ1) is 20.9. The lowest BCUT2D eigenvalue weighted by molar-refractivity contribution is 0.196. The second-order valence-corrected chi connectivity index (χ2v) is 8.48. The van der Waals surface area contributed by atoms with Gasteiger partial charge in [-0.1, -0.05) is 12.5 Å². The van der Waals surface area contributed by atoms with Crippen molar-refractivity contribution in [3.8, 4) is 22.8 Å². The van der Waals surface area contributed by atoms with Crippen LogP contribution >= 0.6 is 0 Å². The standard InChI is InChI=1S/C23H32N4O3/c1-15-20(16-6-4-7-18(29-2)21(16)30-3)26-17(14-28)22(25-15)27-12-10-23(11-13-27)9-5-8-19(23)24/h4,6-7,19,28H,5,8-14,24H2,1-3H3/t19-/m1/s1. The van der Waals surface area contributed by atoms with Crippen molar-refractivity contribution >= 4 is 5.82 Å². The fraction of sp³-hybridized carbons (Fsp3) is 0.565. The third-order valence-corrected chi connectivity index (χ3v) is 6.96. The number of nitrogens with zero attached hydrogens (tertiary/aromatic N) is 3. The first-order valence-corrected chi connectivity index (χ1v) is 10.7. The molecule has 7 nitrogen and oxygen atoms in total. The molecule has 0 amide bonds. The molecule has 1 atom stereocenters. The highest BCUT2D eigenvalue weighted by Gasteiger charge is 2.43. The Morgan fingerprint density at radius 3 is 2.53 bits per heavy atom. The summed E-state index contributed by atoms with van der Waals surface area (Å²) in [6.45, 7) is 3.58. The highest BCUT2D eigenvalue weighted by molar-refractivity contribution is 5.73. The Morgan fingerprint density at radius 2 is 1.93 bits per heavy atom. The molecule has 2 heterocycles. The van der Waals surface area contributed by atoms with E-state index < -0.39 is 0 Å². The molecule has 2 fully saturated rings. The third kappa shape index (κ3) is 3.50. The Bertz CT molecular complexity index is 910. The molecule has 4 rings (SSSR count). The number of aryl methyl sites for hydroxylation is 1. The van der Waals surface area contributed by atoms with Crippen LogP contribution in [0.5, 0.6) is 11.5 Å². The summed E-state index contributed by atoms with van der Waals surface area (Å²) in [5, 5.41) is 10.1. The summed E-state index contributed by atoms with van der Waals surface area (Å²) in [4.78, 5) is 12.0. The average Bonchev–Trinajstić information content (AvgIpc) is 3.13. The topological polar surface area (TPSA) is 93.7 Å². The van der Waals surface area contributed by atoms with Gasteiger partial charge in [-0.25, -0.2) is 9.97 Å². The van der Waals surface area contributed by atoms with Crippen molar-refractivity contribution in [1.29, 1.82) is 0 Å². The normalized spacial score (nSPS) is 20.6. The minimum absolute atomic E-state index is 0.164. The van der Waals surface area contributed by atoms with Crippen molar-refractivity contribution in [2.24, 2.45) is 11.1 Å². The van der Waals surface area contributed by atoms with Crippen molar-refractivity contribution < 1.29 is 14.6 Å². The number of piperidine rings is 1. The van der Waals surface area contributed by atoms with E-state index in [1.165, 1.54) is 12.8 Å². The first-order valence-electron chi connectivity index (χ1n) is 10.7. The van der Waals surface area contributed by atoms with Gasteiger partial charge in [-0.3, -0.25) is 0 Å². The summed E-state index contributed by atoms with van der Waals surface area (Å²) in [7, 11) is 3.23. The molecule has 1 aromatic heterocycles. The number of methoxy groups -OCH3 is 2. The van der Waals surface area contributed by atoms with Gasteiger partial charge in [0.15, 0.2) is 17.3 Å². The molecule has 1 aliphatic heterocycles. The van der Waals surface area contributed by atoms with Crippen LogP contribution in [0.2, 0.25) is 0 Å². The van der Waals surface area contributed by atoms with E-state index in [0.29, 0.717) is 28.9 Å². The second kappa shape index (κ2) is 8.40. The van der Waals surface area contributed by atoms with Crippen LogP contribution in [0, 0.1) is 12.3 Å². The lowest BCUT2D eigenvalue weighted by Crippen LogP contribution is -2.47. The van der Waals surface area contributed by atoms with Crippen molar-refractivity contribution in [2.75, 3.05) is 32.2 Å². The third-order valence-electron chi connectivity index (χ3n) is 6.96. The van der Waals surface area contributed by atoms with E-state index in [9.17, 15) is 5.11 Å². The molecule has 0 bridgehead atoms. The Kier molecular flexibility index (Phi) is 5.84. The molecule has 0 unspecified atom stereocenters. The van der Waals surface area contributed by atoms with E-state index in [2.05, 4.69) is 4.90 Å². The minimum atomic E-state index is -0.164. The van der Waals surface area contributed by atoms with Crippen molar-refractivity contribution in [3.63, 3.8) is 0 Å². The SMILES string of the molecule is COc1cccc(-c2nc(CO)c(N3CCC4(CCC[C@H]4N)CC3)nc2C)c1OC. The van der Waals surface area contributed by atoms with Gasteiger partial charge in [0, 0.05) is 24.7 Å². The summed E-state index contributed by atoms with van der Waals surface area (Å²) < 4.78 is 11.0. The number of para-hydroxylation sites is 1. The van der Waals surface area contributed by atoms with Gasteiger partial charge in [0.2, 0.25) is 0 Å². The Labute approximate surface area is 178 Å². The molecule has 0 radical (unpaired) electrons. The maximum atomic E-state index is 10.1. The maximum absolute atomic E-state index is 10.1. The van der Waals surface area contributed by atoms with Gasteiger partial charge in [-0.15, -0.1) is 0 Å². The summed E-state index contributed by atoms with van der Waals surface area (Å²) in [5.41, 5.74) is 9.61. The number of aliphatic hydroxyl groups excluding tert-OH is 1. The summed E-state index contributed by atoms with van der Waals surface area (Å²) in [5.74, 6) is 2.03. The molecule has 7 heteroatoms. The number of hydrogen-bond acceptors (Lipinski definition) is 7. The van der Waals surface area contributed by atoms with Crippen molar-refractivity contribution in [1.82, 2.24) is 9.97 Å². The smallest absolute Gasteiger partial charge is 0.170 e. The highest BCUT2D eigenvalue weighted by atomic mass is 16.5. The quantitative estimate of drug-likeness (QED) is 0.779. The number of ether oxygens (including phenoxy) is 2. The molecule has 1 aromatic carbocycles. The van der Waals surface area contributed by atoms with E-state index in [4.69, 9.17) is 25.2 Å². The van der Waals surface area contributed by atoms with Crippen LogP contribution in [0.25, 0.3) is 11.3 Å². The van der Waals surface area contributed by atoms with Gasteiger partial charge in [0.05, 0.1) is 32.2 Å². The van der Waals surface area contributed by atoms with Crippen LogP contribution in [0.4, 0.5) is 5.82 Å². The summed E-state index contributed by atoms with van der Waals surface area (Å²) in [6.07, 6.45) is 5.75. The number of aliphatic hydroxyl groups is 1. The Hall–Kier alpha value is -2.38. The van der Waals surface area contributed by atoms with Gasteiger partial charge in [0.25, 0.3) is 0 Å². The Balaban J connectivity index is 1.66. The first-order chi connectivity index (χ1) is 14.5. The molecule has 30 heavy (non-hydrogen) atoms. The van der Waals surface area contributed by atoms with Crippen molar-refractivity contribution in [3.05, 3.63) is 29.6 Å². The minimum Gasteiger partial charge on any atom is -0.493 e. The number of rotatable bonds is 5. The number of benzene rings is 1. The molecule has 2 aromatic rings. The predicted octanol–water partition coefficient (Wildman–Crippen LogP) is 3.06. The molecular weight excluding hydrogens is 380 g/mol. The molecule has 2 aliphatic rings. The van der Waals surface area contributed by atoms with Crippen LogP contribution in [0.3, 0.4) is 0 Å². The fourth-order valence-electron chi connectivity index (χ4n) is 5.18. The second-order valence-electron chi connectivity index (χ2n) is 8.48. The monoisotopic (exact) mass is 412 g/mol. The van der Waals surface area contributed by atoms with Gasteiger partial charge in [-0.2, -0.15) is 0 Å². The number of anilines is 1. The van der Waals surface area contributed by atoms with Crippen molar-refractivity contribution in [2.45, 2.75) is 51.7 Å². The lowest BCUT2D eigenvalue weighted by Gasteiger charge is -2.42.